The smallest absolute Gasteiger partial charge is 0.197 e. The Hall–Kier alpha value is -1.58. The first-order valence-electron chi connectivity index (χ1n) is 6.07. The highest BCUT2D eigenvalue weighted by atomic mass is 35.5. The minimum absolute atomic E-state index is 0.275. The lowest BCUT2D eigenvalue weighted by Gasteiger charge is -2.10. The molecule has 0 bridgehead atoms. The van der Waals surface area contributed by atoms with Gasteiger partial charge in [-0.1, -0.05) is 29.8 Å². The molecule has 0 saturated carbocycles. The fraction of sp³-hybridized carbons (Fsp3) is 0.133. The summed E-state index contributed by atoms with van der Waals surface area (Å²) in [7, 11) is 0. The van der Waals surface area contributed by atoms with Crippen molar-refractivity contribution in [1.29, 1.82) is 0 Å². The van der Waals surface area contributed by atoms with E-state index >= 15 is 0 Å². The van der Waals surface area contributed by atoms with Gasteiger partial charge in [-0.3, -0.25) is 0 Å². The van der Waals surface area contributed by atoms with Gasteiger partial charge in [0.25, 0.3) is 0 Å². The van der Waals surface area contributed by atoms with E-state index in [1.165, 1.54) is 6.07 Å². The molecule has 2 nitrogen and oxygen atoms in total. The minimum atomic E-state index is -0.628. The quantitative estimate of drug-likeness (QED) is 0.626. The molecule has 1 unspecified atom stereocenters. The van der Waals surface area contributed by atoms with Gasteiger partial charge in [0.2, 0.25) is 0 Å². The summed E-state index contributed by atoms with van der Waals surface area (Å²) in [6.45, 7) is 0. The Balaban J connectivity index is 1.90. The third-order valence-electron chi connectivity index (χ3n) is 3.00. The van der Waals surface area contributed by atoms with Crippen molar-refractivity contribution in [2.24, 2.45) is 0 Å². The van der Waals surface area contributed by atoms with Crippen LogP contribution in [-0.4, -0.2) is 4.98 Å². The Labute approximate surface area is 125 Å². The first-order valence-corrected chi connectivity index (χ1v) is 6.89. The first kappa shape index (κ1) is 13.4. The van der Waals surface area contributed by atoms with Crippen LogP contribution in [0.2, 0.25) is 5.02 Å². The Morgan fingerprint density at radius 3 is 2.70 bits per heavy atom. The molecule has 102 valence electrons. The Bertz CT molecular complexity index is 703. The first-order chi connectivity index (χ1) is 9.65. The predicted molar refractivity (Wildman–Crippen MR) is 77.7 cm³/mol. The predicted octanol–water partition coefficient (Wildman–Crippen LogP) is 5.14. The number of oxazole rings is 1. The van der Waals surface area contributed by atoms with Crippen molar-refractivity contribution < 1.29 is 8.81 Å². The van der Waals surface area contributed by atoms with Crippen molar-refractivity contribution in [3.05, 3.63) is 64.8 Å². The zero-order chi connectivity index (χ0) is 14.1. The standard InChI is InChI=1S/C15H10Cl2FNO/c16-9-4-3-5-11(18)15(9)10(17)8-14-19-12-6-1-2-7-13(12)20-14/h1-7,10H,8H2. The summed E-state index contributed by atoms with van der Waals surface area (Å²) in [5, 5.41) is -0.321. The van der Waals surface area contributed by atoms with Crippen LogP contribution in [0, 0.1) is 5.82 Å². The van der Waals surface area contributed by atoms with Gasteiger partial charge in [-0.25, -0.2) is 9.37 Å². The number of para-hydroxylation sites is 2. The lowest BCUT2D eigenvalue weighted by Crippen LogP contribution is -2.00. The molecule has 0 aliphatic heterocycles. The van der Waals surface area contributed by atoms with Crippen LogP contribution in [0.4, 0.5) is 4.39 Å². The van der Waals surface area contributed by atoms with Gasteiger partial charge < -0.3 is 4.42 Å². The van der Waals surface area contributed by atoms with E-state index in [9.17, 15) is 4.39 Å². The zero-order valence-electron chi connectivity index (χ0n) is 10.3. The second kappa shape index (κ2) is 5.43. The van der Waals surface area contributed by atoms with Gasteiger partial charge in [-0.2, -0.15) is 0 Å². The maximum Gasteiger partial charge on any atom is 0.197 e. The molecule has 1 atom stereocenters. The van der Waals surface area contributed by atoms with Crippen LogP contribution in [0.3, 0.4) is 0 Å². The molecule has 0 radical (unpaired) electrons. The largest absolute Gasteiger partial charge is 0.441 e. The molecule has 0 aliphatic rings. The van der Waals surface area contributed by atoms with E-state index in [0.717, 1.165) is 5.52 Å². The summed E-state index contributed by atoms with van der Waals surface area (Å²) in [5.74, 6) is 0.0409. The van der Waals surface area contributed by atoms with Crippen molar-refractivity contribution in [3.63, 3.8) is 0 Å². The van der Waals surface area contributed by atoms with Gasteiger partial charge in [-0.15, -0.1) is 11.6 Å². The minimum Gasteiger partial charge on any atom is -0.441 e. The zero-order valence-corrected chi connectivity index (χ0v) is 11.8. The number of fused-ring (bicyclic) bond motifs is 1. The summed E-state index contributed by atoms with van der Waals surface area (Å²) in [6.07, 6.45) is 0.275. The van der Waals surface area contributed by atoms with Crippen LogP contribution < -0.4 is 0 Å². The topological polar surface area (TPSA) is 26.0 Å². The molecule has 20 heavy (non-hydrogen) atoms. The number of rotatable bonds is 3. The summed E-state index contributed by atoms with van der Waals surface area (Å²) < 4.78 is 19.4. The molecule has 0 saturated heterocycles. The van der Waals surface area contributed by atoms with E-state index in [1.807, 2.05) is 24.3 Å². The fourth-order valence-electron chi connectivity index (χ4n) is 2.07. The number of nitrogens with zero attached hydrogens (tertiary/aromatic N) is 1. The van der Waals surface area contributed by atoms with Gasteiger partial charge in [0, 0.05) is 17.0 Å². The average molecular weight is 310 g/mol. The monoisotopic (exact) mass is 309 g/mol. The fourth-order valence-corrected chi connectivity index (χ4v) is 2.78. The average Bonchev–Trinajstić information content (AvgIpc) is 2.80. The van der Waals surface area contributed by atoms with E-state index in [4.69, 9.17) is 27.6 Å². The van der Waals surface area contributed by atoms with Crippen LogP contribution in [-0.2, 0) is 6.42 Å². The number of halogens is 3. The van der Waals surface area contributed by atoms with E-state index in [-0.39, 0.29) is 12.0 Å². The SMILES string of the molecule is Fc1cccc(Cl)c1C(Cl)Cc1nc2ccccc2o1. The molecule has 1 aromatic heterocycles. The van der Waals surface area contributed by atoms with E-state index < -0.39 is 11.2 Å². The Morgan fingerprint density at radius 1 is 1.15 bits per heavy atom. The molecule has 0 spiro atoms. The molecular formula is C15H10Cl2FNO. The summed E-state index contributed by atoms with van der Waals surface area (Å²) in [5.41, 5.74) is 1.72. The number of hydrogen-bond acceptors (Lipinski definition) is 2. The maximum absolute atomic E-state index is 13.8. The molecule has 3 rings (SSSR count). The third kappa shape index (κ3) is 2.51. The number of alkyl halides is 1. The summed E-state index contributed by atoms with van der Waals surface area (Å²) in [6, 6.07) is 11.9. The van der Waals surface area contributed by atoms with Gasteiger partial charge in [-0.05, 0) is 24.3 Å². The van der Waals surface area contributed by atoms with Crippen LogP contribution in [0.15, 0.2) is 46.9 Å². The van der Waals surface area contributed by atoms with Gasteiger partial charge in [0.15, 0.2) is 11.5 Å². The van der Waals surface area contributed by atoms with Crippen LogP contribution in [0.1, 0.15) is 16.8 Å². The normalized spacial score (nSPS) is 12.8. The van der Waals surface area contributed by atoms with Crippen LogP contribution in [0.5, 0.6) is 0 Å². The van der Waals surface area contributed by atoms with Crippen molar-refractivity contribution in [1.82, 2.24) is 4.98 Å². The number of hydrogen-bond donors (Lipinski definition) is 0. The highest BCUT2D eigenvalue weighted by molar-refractivity contribution is 6.32. The Morgan fingerprint density at radius 2 is 1.95 bits per heavy atom. The molecule has 2 aromatic carbocycles. The van der Waals surface area contributed by atoms with Crippen LogP contribution >= 0.6 is 23.2 Å². The number of benzene rings is 2. The number of aromatic nitrogens is 1. The van der Waals surface area contributed by atoms with Crippen molar-refractivity contribution in [2.45, 2.75) is 11.8 Å². The molecule has 0 fully saturated rings. The molecule has 0 aliphatic carbocycles. The van der Waals surface area contributed by atoms with Crippen molar-refractivity contribution >= 4 is 34.3 Å². The van der Waals surface area contributed by atoms with E-state index in [0.29, 0.717) is 16.5 Å². The second-order valence-corrected chi connectivity index (χ2v) is 5.32. The van der Waals surface area contributed by atoms with E-state index in [2.05, 4.69) is 4.98 Å². The molecule has 0 N–H and O–H groups in total. The molecule has 5 heteroatoms. The maximum atomic E-state index is 13.8. The third-order valence-corrected chi connectivity index (χ3v) is 3.71. The molecule has 1 heterocycles. The second-order valence-electron chi connectivity index (χ2n) is 4.38. The highest BCUT2D eigenvalue weighted by Gasteiger charge is 2.19. The lowest BCUT2D eigenvalue weighted by molar-refractivity contribution is 0.519. The molecule has 0 amide bonds. The van der Waals surface area contributed by atoms with E-state index in [1.54, 1.807) is 12.1 Å². The Kier molecular flexibility index (Phi) is 3.64. The summed E-state index contributed by atoms with van der Waals surface area (Å²) in [4.78, 5) is 4.32. The van der Waals surface area contributed by atoms with Gasteiger partial charge in [0.1, 0.15) is 11.3 Å². The highest BCUT2D eigenvalue weighted by Crippen LogP contribution is 2.33. The van der Waals surface area contributed by atoms with Crippen LogP contribution in [0.25, 0.3) is 11.1 Å². The van der Waals surface area contributed by atoms with Crippen molar-refractivity contribution in [2.75, 3.05) is 0 Å². The molecular weight excluding hydrogens is 300 g/mol. The molecule has 3 aromatic rings. The lowest BCUT2D eigenvalue weighted by atomic mass is 10.1. The van der Waals surface area contributed by atoms with Gasteiger partial charge >= 0.3 is 0 Å². The van der Waals surface area contributed by atoms with Crippen molar-refractivity contribution in [3.8, 4) is 0 Å². The summed E-state index contributed by atoms with van der Waals surface area (Å²) >= 11 is 12.2. The van der Waals surface area contributed by atoms with Gasteiger partial charge in [0.05, 0.1) is 5.38 Å².